The van der Waals surface area contributed by atoms with Crippen molar-refractivity contribution >= 4 is 16.4 Å². The lowest BCUT2D eigenvalue weighted by atomic mass is 11.8. The van der Waals surface area contributed by atoms with Crippen molar-refractivity contribution in [3.63, 3.8) is 0 Å². The van der Waals surface area contributed by atoms with E-state index in [1.54, 1.807) is 0 Å². The second-order valence-corrected chi connectivity index (χ2v) is 3.93. The zero-order valence-electron chi connectivity index (χ0n) is 5.42. The molecule has 0 aromatic carbocycles. The van der Waals surface area contributed by atoms with Crippen LogP contribution < -0.4 is 0 Å². The number of phosphoric ester groups is 1. The van der Waals surface area contributed by atoms with Crippen LogP contribution in [0.1, 0.15) is 0 Å². The van der Waals surface area contributed by atoms with Crippen molar-refractivity contribution in [3.8, 4) is 0 Å². The SMILES string of the molecule is COP(=O)(OC)OP(O)O. The quantitative estimate of drug-likeness (QED) is 0.631. The topological polar surface area (TPSA) is 85.2 Å². The summed E-state index contributed by atoms with van der Waals surface area (Å²) in [5.41, 5.74) is 0. The van der Waals surface area contributed by atoms with E-state index in [0.29, 0.717) is 0 Å². The first-order chi connectivity index (χ1) is 4.54. The molecule has 0 amide bonds. The van der Waals surface area contributed by atoms with E-state index in [1.807, 2.05) is 0 Å². The van der Waals surface area contributed by atoms with Crippen LogP contribution in [-0.2, 0) is 17.9 Å². The van der Waals surface area contributed by atoms with Crippen LogP contribution in [0.25, 0.3) is 0 Å². The Hall–Kier alpha value is 0.460. The largest absolute Gasteiger partial charge is 0.481 e. The maximum atomic E-state index is 10.8. The van der Waals surface area contributed by atoms with Gasteiger partial charge in [-0.05, 0) is 0 Å². The Labute approximate surface area is 59.3 Å². The maximum Gasteiger partial charge on any atom is 0.481 e. The van der Waals surface area contributed by atoms with Crippen molar-refractivity contribution in [2.45, 2.75) is 0 Å². The van der Waals surface area contributed by atoms with Gasteiger partial charge in [0.1, 0.15) is 0 Å². The molecule has 0 fully saturated rings. The van der Waals surface area contributed by atoms with Gasteiger partial charge in [0.05, 0.1) is 0 Å². The summed E-state index contributed by atoms with van der Waals surface area (Å²) in [4.78, 5) is 16.4. The summed E-state index contributed by atoms with van der Waals surface area (Å²) in [6.45, 7) is 0. The van der Waals surface area contributed by atoms with Gasteiger partial charge in [-0.2, -0.15) is 0 Å². The second-order valence-electron chi connectivity index (χ2n) is 1.15. The monoisotopic (exact) mass is 190 g/mol. The van der Waals surface area contributed by atoms with Gasteiger partial charge in [0.2, 0.25) is 0 Å². The summed E-state index contributed by atoms with van der Waals surface area (Å²) in [7, 11) is -4.28. The van der Waals surface area contributed by atoms with Gasteiger partial charge in [-0.15, -0.1) is 0 Å². The molecule has 0 heterocycles. The first-order valence-electron chi connectivity index (χ1n) is 2.13. The van der Waals surface area contributed by atoms with Gasteiger partial charge in [0, 0.05) is 14.2 Å². The number of hydrogen-bond donors (Lipinski definition) is 2. The van der Waals surface area contributed by atoms with Crippen LogP contribution in [0.5, 0.6) is 0 Å². The standard InChI is InChI=1S/C2H8O6P2/c1-6-10(5,7-2)8-9(3)4/h3-4H,1-2H3. The fraction of sp³-hybridized carbons (Fsp3) is 1.00. The molecule has 0 unspecified atom stereocenters. The Balaban J connectivity index is 3.94. The highest BCUT2D eigenvalue weighted by atomic mass is 31.3. The zero-order chi connectivity index (χ0) is 8.20. The molecule has 0 aromatic heterocycles. The molecule has 0 bridgehead atoms. The van der Waals surface area contributed by atoms with Crippen LogP contribution >= 0.6 is 16.4 Å². The smallest absolute Gasteiger partial charge is 0.328 e. The minimum atomic E-state index is -3.71. The molecule has 6 nitrogen and oxygen atoms in total. The molecule has 0 aliphatic carbocycles. The van der Waals surface area contributed by atoms with Gasteiger partial charge in [-0.25, -0.2) is 8.88 Å². The summed E-state index contributed by atoms with van der Waals surface area (Å²) in [5.74, 6) is 0. The van der Waals surface area contributed by atoms with Crippen LogP contribution in [0.15, 0.2) is 0 Å². The highest BCUT2D eigenvalue weighted by Gasteiger charge is 2.26. The molecule has 0 saturated carbocycles. The van der Waals surface area contributed by atoms with Crippen LogP contribution in [0.4, 0.5) is 0 Å². The van der Waals surface area contributed by atoms with Crippen LogP contribution in [0.2, 0.25) is 0 Å². The van der Waals surface area contributed by atoms with E-state index in [4.69, 9.17) is 9.79 Å². The van der Waals surface area contributed by atoms with Crippen molar-refractivity contribution in [2.24, 2.45) is 0 Å². The van der Waals surface area contributed by atoms with E-state index in [9.17, 15) is 4.57 Å². The van der Waals surface area contributed by atoms with E-state index in [-0.39, 0.29) is 0 Å². The van der Waals surface area contributed by atoms with Crippen molar-refractivity contribution in [1.29, 1.82) is 0 Å². The van der Waals surface area contributed by atoms with Gasteiger partial charge in [0.15, 0.2) is 0 Å². The Morgan fingerprint density at radius 3 is 1.80 bits per heavy atom. The minimum Gasteiger partial charge on any atom is -0.328 e. The molecule has 10 heavy (non-hydrogen) atoms. The molecule has 2 N–H and O–H groups in total. The van der Waals surface area contributed by atoms with E-state index >= 15 is 0 Å². The Bertz CT molecular complexity index is 126. The highest BCUT2D eigenvalue weighted by Crippen LogP contribution is 2.56. The highest BCUT2D eigenvalue weighted by molar-refractivity contribution is 7.58. The predicted octanol–water partition coefficient (Wildman–Crippen LogP) is 0.615. The van der Waals surface area contributed by atoms with E-state index in [0.717, 1.165) is 14.2 Å². The normalized spacial score (nSPS) is 12.5. The molecule has 0 aliphatic rings. The number of rotatable bonds is 4. The number of phosphoric acid groups is 1. The first kappa shape index (κ1) is 10.5. The van der Waals surface area contributed by atoms with Gasteiger partial charge >= 0.3 is 16.4 Å². The van der Waals surface area contributed by atoms with E-state index in [2.05, 4.69) is 13.4 Å². The fourth-order valence-electron chi connectivity index (χ4n) is 0.231. The van der Waals surface area contributed by atoms with E-state index < -0.39 is 16.4 Å². The minimum absolute atomic E-state index is 1.07. The lowest BCUT2D eigenvalue weighted by molar-refractivity contribution is 0.201. The Morgan fingerprint density at radius 2 is 1.70 bits per heavy atom. The molecule has 0 aromatic rings. The third kappa shape index (κ3) is 3.58. The summed E-state index contributed by atoms with van der Waals surface area (Å²) in [6, 6.07) is 0. The molecule has 0 spiro atoms. The van der Waals surface area contributed by atoms with Gasteiger partial charge in [-0.3, -0.25) is 9.05 Å². The number of hydrogen-bond acceptors (Lipinski definition) is 6. The third-order valence-corrected chi connectivity index (χ3v) is 2.90. The Morgan fingerprint density at radius 1 is 1.30 bits per heavy atom. The van der Waals surface area contributed by atoms with Gasteiger partial charge < -0.3 is 9.79 Å². The average molecular weight is 190 g/mol. The lowest BCUT2D eigenvalue weighted by Gasteiger charge is -2.11. The average Bonchev–Trinajstić information content (AvgIpc) is 1.87. The molecular weight excluding hydrogens is 182 g/mol. The van der Waals surface area contributed by atoms with Crippen LogP contribution in [0, 0.1) is 0 Å². The summed E-state index contributed by atoms with van der Waals surface area (Å²) in [5, 5.41) is 0. The molecule has 0 rings (SSSR count). The van der Waals surface area contributed by atoms with Crippen molar-refractivity contribution in [2.75, 3.05) is 14.2 Å². The zero-order valence-corrected chi connectivity index (χ0v) is 7.21. The van der Waals surface area contributed by atoms with Crippen molar-refractivity contribution < 1.29 is 27.7 Å². The molecule has 0 aliphatic heterocycles. The Kier molecular flexibility index (Phi) is 4.56. The molecule has 0 radical (unpaired) electrons. The molecule has 8 heteroatoms. The first-order valence-corrected chi connectivity index (χ1v) is 4.76. The maximum absolute atomic E-state index is 10.8. The van der Waals surface area contributed by atoms with Crippen LogP contribution in [-0.4, -0.2) is 24.0 Å². The van der Waals surface area contributed by atoms with Crippen molar-refractivity contribution in [3.05, 3.63) is 0 Å². The fourth-order valence-corrected chi connectivity index (χ4v) is 1.63. The molecule has 62 valence electrons. The van der Waals surface area contributed by atoms with Crippen molar-refractivity contribution in [1.82, 2.24) is 0 Å². The van der Waals surface area contributed by atoms with Crippen LogP contribution in [0.3, 0.4) is 0 Å². The van der Waals surface area contributed by atoms with Gasteiger partial charge in [-0.1, -0.05) is 0 Å². The lowest BCUT2D eigenvalue weighted by Crippen LogP contribution is -1.89. The summed E-state index contributed by atoms with van der Waals surface area (Å²) >= 11 is 0. The molecule has 0 saturated heterocycles. The van der Waals surface area contributed by atoms with Gasteiger partial charge in [0.25, 0.3) is 0 Å². The summed E-state index contributed by atoms with van der Waals surface area (Å²) < 4.78 is 23.2. The molecular formula is C2H8O6P2. The second kappa shape index (κ2) is 4.36. The molecule has 0 atom stereocenters. The third-order valence-electron chi connectivity index (χ3n) is 0.620. The van der Waals surface area contributed by atoms with E-state index in [1.165, 1.54) is 0 Å². The predicted molar refractivity (Wildman–Crippen MR) is 34.1 cm³/mol. The summed E-state index contributed by atoms with van der Waals surface area (Å²) in [6.07, 6.45) is 0.